The predicted molar refractivity (Wildman–Crippen MR) is 76.0 cm³/mol. The van der Waals surface area contributed by atoms with Crippen LogP contribution in [0.3, 0.4) is 0 Å². The Morgan fingerprint density at radius 3 is 2.50 bits per heavy atom. The summed E-state index contributed by atoms with van der Waals surface area (Å²) in [6.07, 6.45) is 1.88. The van der Waals surface area contributed by atoms with E-state index in [4.69, 9.17) is 4.74 Å². The Hall–Kier alpha value is -1.09. The maximum atomic E-state index is 5.41. The van der Waals surface area contributed by atoms with E-state index >= 15 is 0 Å². The van der Waals surface area contributed by atoms with Crippen LogP contribution < -0.4 is 10.1 Å². The highest BCUT2D eigenvalue weighted by Crippen LogP contribution is 2.23. The van der Waals surface area contributed by atoms with Crippen molar-refractivity contribution in [3.05, 3.63) is 23.0 Å². The van der Waals surface area contributed by atoms with Gasteiger partial charge in [0.15, 0.2) is 0 Å². The molecule has 18 heavy (non-hydrogen) atoms. The fourth-order valence-corrected chi connectivity index (χ4v) is 1.90. The molecule has 0 aliphatic heterocycles. The summed E-state index contributed by atoms with van der Waals surface area (Å²) in [5.74, 6) is 2.34. The van der Waals surface area contributed by atoms with Gasteiger partial charge in [-0.05, 0) is 32.2 Å². The van der Waals surface area contributed by atoms with Crippen LogP contribution in [0, 0.1) is 25.7 Å². The van der Waals surface area contributed by atoms with Gasteiger partial charge in [0, 0.05) is 23.9 Å². The first-order valence-electron chi connectivity index (χ1n) is 6.67. The minimum Gasteiger partial charge on any atom is -0.496 e. The number of aromatic nitrogens is 1. The average molecular weight is 250 g/mol. The van der Waals surface area contributed by atoms with Gasteiger partial charge in [-0.15, -0.1) is 0 Å². The molecule has 0 saturated heterocycles. The zero-order chi connectivity index (χ0) is 13.7. The molecule has 1 N–H and O–H groups in total. The Bertz CT molecular complexity index is 388. The Balaban J connectivity index is 2.63. The summed E-state index contributed by atoms with van der Waals surface area (Å²) >= 11 is 0. The fourth-order valence-electron chi connectivity index (χ4n) is 1.90. The van der Waals surface area contributed by atoms with Crippen LogP contribution in [0.1, 0.15) is 37.6 Å². The van der Waals surface area contributed by atoms with Gasteiger partial charge in [0.1, 0.15) is 5.75 Å². The molecule has 1 rings (SSSR count). The van der Waals surface area contributed by atoms with Crippen LogP contribution in [0.25, 0.3) is 0 Å². The minimum atomic E-state index is 0.678. The molecular formula is C15H26N2O. The van der Waals surface area contributed by atoms with Crippen LogP contribution in [-0.2, 0) is 6.54 Å². The lowest BCUT2D eigenvalue weighted by molar-refractivity contribution is 0.389. The molecule has 1 heterocycles. The second-order valence-corrected chi connectivity index (χ2v) is 5.40. The average Bonchev–Trinajstić information content (AvgIpc) is 2.32. The smallest absolute Gasteiger partial charge is 0.128 e. The number of methoxy groups -OCH3 is 1. The minimum absolute atomic E-state index is 0.678. The molecule has 0 amide bonds. The second kappa shape index (κ2) is 6.74. The van der Waals surface area contributed by atoms with Crippen molar-refractivity contribution in [3.8, 4) is 5.75 Å². The van der Waals surface area contributed by atoms with Crippen LogP contribution in [0.2, 0.25) is 0 Å². The van der Waals surface area contributed by atoms with Crippen LogP contribution in [-0.4, -0.2) is 18.6 Å². The molecule has 0 aromatic carbocycles. The van der Waals surface area contributed by atoms with E-state index in [-0.39, 0.29) is 0 Å². The highest BCUT2D eigenvalue weighted by molar-refractivity contribution is 5.40. The number of hydrogen-bond acceptors (Lipinski definition) is 3. The largest absolute Gasteiger partial charge is 0.496 e. The summed E-state index contributed by atoms with van der Waals surface area (Å²) in [4.78, 5) is 4.49. The van der Waals surface area contributed by atoms with E-state index < -0.39 is 0 Å². The van der Waals surface area contributed by atoms with Crippen molar-refractivity contribution in [2.45, 2.75) is 41.2 Å². The normalized spacial score (nSPS) is 12.8. The molecule has 0 fully saturated rings. The van der Waals surface area contributed by atoms with Crippen molar-refractivity contribution in [1.29, 1.82) is 0 Å². The van der Waals surface area contributed by atoms with Crippen LogP contribution >= 0.6 is 0 Å². The summed E-state index contributed by atoms with van der Waals surface area (Å²) in [7, 11) is 1.72. The highest BCUT2D eigenvalue weighted by Gasteiger charge is 2.10. The van der Waals surface area contributed by atoms with E-state index in [1.165, 1.54) is 0 Å². The third-order valence-electron chi connectivity index (χ3n) is 3.65. The van der Waals surface area contributed by atoms with E-state index in [0.717, 1.165) is 35.7 Å². The van der Waals surface area contributed by atoms with E-state index in [1.54, 1.807) is 7.11 Å². The second-order valence-electron chi connectivity index (χ2n) is 5.40. The summed E-state index contributed by atoms with van der Waals surface area (Å²) in [6, 6.07) is 0. The first-order chi connectivity index (χ1) is 8.47. The summed E-state index contributed by atoms with van der Waals surface area (Å²) < 4.78 is 5.41. The zero-order valence-electron chi connectivity index (χ0n) is 12.5. The van der Waals surface area contributed by atoms with E-state index in [0.29, 0.717) is 11.8 Å². The van der Waals surface area contributed by atoms with Gasteiger partial charge in [0.05, 0.1) is 12.8 Å². The van der Waals surface area contributed by atoms with Crippen molar-refractivity contribution in [2.24, 2.45) is 11.8 Å². The number of nitrogens with one attached hydrogen (secondary N) is 1. The highest BCUT2D eigenvalue weighted by atomic mass is 16.5. The van der Waals surface area contributed by atoms with Crippen LogP contribution in [0.5, 0.6) is 5.75 Å². The molecule has 0 spiro atoms. The van der Waals surface area contributed by atoms with Gasteiger partial charge in [0.25, 0.3) is 0 Å². The quantitative estimate of drug-likeness (QED) is 0.842. The van der Waals surface area contributed by atoms with Crippen molar-refractivity contribution < 1.29 is 4.74 Å². The number of ether oxygens (including phenoxy) is 1. The Labute approximate surface area is 111 Å². The van der Waals surface area contributed by atoms with Crippen LogP contribution in [0.15, 0.2) is 6.20 Å². The van der Waals surface area contributed by atoms with E-state index in [9.17, 15) is 0 Å². The number of aryl methyl sites for hydroxylation is 1. The van der Waals surface area contributed by atoms with E-state index in [1.807, 2.05) is 13.1 Å². The molecule has 0 aliphatic carbocycles. The number of pyridine rings is 1. The lowest BCUT2D eigenvalue weighted by Gasteiger charge is -2.17. The third kappa shape index (κ3) is 3.70. The maximum absolute atomic E-state index is 5.41. The van der Waals surface area contributed by atoms with Crippen molar-refractivity contribution in [2.75, 3.05) is 13.7 Å². The Kier molecular flexibility index (Phi) is 5.60. The van der Waals surface area contributed by atoms with Crippen molar-refractivity contribution in [3.63, 3.8) is 0 Å². The molecule has 1 aromatic rings. The van der Waals surface area contributed by atoms with Gasteiger partial charge in [-0.3, -0.25) is 4.98 Å². The SMILES string of the molecule is COc1c(C)cnc(CNCC(C)C(C)C)c1C. The van der Waals surface area contributed by atoms with Gasteiger partial charge in [0.2, 0.25) is 0 Å². The molecule has 1 unspecified atom stereocenters. The van der Waals surface area contributed by atoms with Gasteiger partial charge in [-0.2, -0.15) is 0 Å². The molecule has 102 valence electrons. The molecule has 0 aliphatic rings. The van der Waals surface area contributed by atoms with Crippen molar-refractivity contribution in [1.82, 2.24) is 10.3 Å². The first kappa shape index (κ1) is 15.0. The molecule has 1 atom stereocenters. The van der Waals surface area contributed by atoms with Gasteiger partial charge < -0.3 is 10.1 Å². The molecular weight excluding hydrogens is 224 g/mol. The fraction of sp³-hybridized carbons (Fsp3) is 0.667. The monoisotopic (exact) mass is 250 g/mol. The summed E-state index contributed by atoms with van der Waals surface area (Å²) in [5, 5.41) is 3.48. The molecule has 0 radical (unpaired) electrons. The predicted octanol–water partition coefficient (Wildman–Crippen LogP) is 3.09. The zero-order valence-corrected chi connectivity index (χ0v) is 12.5. The molecule has 0 saturated carbocycles. The maximum Gasteiger partial charge on any atom is 0.128 e. The van der Waals surface area contributed by atoms with Crippen LogP contribution in [0.4, 0.5) is 0 Å². The van der Waals surface area contributed by atoms with Gasteiger partial charge >= 0.3 is 0 Å². The molecule has 0 bridgehead atoms. The summed E-state index contributed by atoms with van der Waals surface area (Å²) in [5.41, 5.74) is 3.31. The molecule has 1 aromatic heterocycles. The first-order valence-corrected chi connectivity index (χ1v) is 6.67. The Morgan fingerprint density at radius 1 is 1.28 bits per heavy atom. The summed E-state index contributed by atoms with van der Waals surface area (Å²) in [6.45, 7) is 12.7. The van der Waals surface area contributed by atoms with Gasteiger partial charge in [-0.1, -0.05) is 20.8 Å². The number of nitrogens with zero attached hydrogens (tertiary/aromatic N) is 1. The lowest BCUT2D eigenvalue weighted by atomic mass is 9.98. The topological polar surface area (TPSA) is 34.1 Å². The van der Waals surface area contributed by atoms with Gasteiger partial charge in [-0.25, -0.2) is 0 Å². The Morgan fingerprint density at radius 2 is 1.94 bits per heavy atom. The van der Waals surface area contributed by atoms with Crippen molar-refractivity contribution >= 4 is 0 Å². The lowest BCUT2D eigenvalue weighted by Crippen LogP contribution is -2.24. The number of hydrogen-bond donors (Lipinski definition) is 1. The van der Waals surface area contributed by atoms with E-state index in [2.05, 4.69) is 38.0 Å². The molecule has 3 heteroatoms. The molecule has 3 nitrogen and oxygen atoms in total. The standard InChI is InChI=1S/C15H26N2O/c1-10(2)11(3)7-16-9-14-13(5)15(18-6)12(4)8-17-14/h8,10-11,16H,7,9H2,1-6H3. The number of rotatable bonds is 6. The third-order valence-corrected chi connectivity index (χ3v) is 3.65.